The van der Waals surface area contributed by atoms with E-state index in [-0.39, 0.29) is 50.3 Å². The van der Waals surface area contributed by atoms with Crippen LogP contribution in [-0.4, -0.2) is 26.8 Å². The van der Waals surface area contributed by atoms with Crippen LogP contribution in [0, 0.1) is 6.33 Å². The monoisotopic (exact) mass is 1320 g/mol. The zero-order valence-corrected chi connectivity index (χ0v) is 55.2. The molecule has 0 amide bonds. The molecular formula is C92H71N5OSi. The molecule has 17 aromatic rings. The highest BCUT2D eigenvalue weighted by Gasteiger charge is 2.42. The maximum Gasteiger partial charge on any atom is 0.269 e. The molecule has 99 heavy (non-hydrogen) atoms. The number of fused-ring (bicyclic) bond motifs is 13. The summed E-state index contributed by atoms with van der Waals surface area (Å²) in [6.45, 7) is 12.2. The minimum absolute atomic E-state index is 0.0313. The molecular weight excluding hydrogens is 1220 g/mol. The molecule has 1 aliphatic rings. The van der Waals surface area contributed by atoms with Crippen molar-refractivity contribution >= 4 is 83.5 Å². The Hall–Kier alpha value is -11.9. The predicted octanol–water partition coefficient (Wildman–Crippen LogP) is 20.0. The SMILES string of the molecule is [2H]c1c([2H])c([2H])c([Si](c2c([2H])c([2H])c([2H])c([2H])c2[2H])(c2c([2H])c([2H])c([2H])c([2H])c2[2H])c2c([2H])c([2H])c([2H])c(-c3cc4c5c(c3)n(-c3cccc(Oc6ccc7c8ccccc8n(-c8cc(C(C)(C)C)ccn8)c7c6)c3)[c-][n+]5-c3c(cc(C(C)(C)C)cc3-n3c5ccccc5c5ccccc53)-c3c([2H])c([2H])c([2H])c([2H])c3-c3c([2H])c([2H])c([2H])c([2H])c3-4)c2[2H])c([2H])c1[2H]. The Bertz CT molecular complexity index is 7470. The summed E-state index contributed by atoms with van der Waals surface area (Å²) in [5, 5.41) is -0.981. The van der Waals surface area contributed by atoms with Gasteiger partial charge in [-0.15, -0.1) is 0 Å². The number of ether oxygens (including phenoxy) is 1. The summed E-state index contributed by atoms with van der Waals surface area (Å²) in [6.07, 6.45) is 5.43. The Morgan fingerprint density at radius 2 is 0.929 bits per heavy atom. The van der Waals surface area contributed by atoms with Crippen LogP contribution in [0.15, 0.2) is 321 Å². The van der Waals surface area contributed by atoms with Gasteiger partial charge in [0.25, 0.3) is 6.33 Å². The first-order valence-corrected chi connectivity index (χ1v) is 34.1. The molecule has 0 unspecified atom stereocenters. The van der Waals surface area contributed by atoms with E-state index < -0.39 is 225 Å². The molecule has 5 heterocycles. The summed E-state index contributed by atoms with van der Waals surface area (Å²) < 4.78 is 279. The molecule has 0 aliphatic carbocycles. The summed E-state index contributed by atoms with van der Waals surface area (Å²) in [4.78, 5) is 4.90. The highest BCUT2D eigenvalue weighted by molar-refractivity contribution is 7.20. The smallest absolute Gasteiger partial charge is 0.269 e. The van der Waals surface area contributed by atoms with Crippen molar-refractivity contribution in [3.63, 3.8) is 0 Å². The fourth-order valence-corrected chi connectivity index (χ4v) is 17.5. The molecule has 0 fully saturated rings. The molecule has 0 saturated carbocycles. The minimum atomic E-state index is -6.53. The van der Waals surface area contributed by atoms with Crippen LogP contribution in [0.3, 0.4) is 0 Å². The van der Waals surface area contributed by atoms with Gasteiger partial charge in [0.15, 0.2) is 8.07 Å². The van der Waals surface area contributed by atoms with Gasteiger partial charge >= 0.3 is 0 Å². The van der Waals surface area contributed by atoms with Gasteiger partial charge in [-0.1, -0.05) is 277 Å². The molecule has 0 saturated heterocycles. The topological polar surface area (TPSA) is 40.8 Å². The van der Waals surface area contributed by atoms with Crippen LogP contribution in [-0.2, 0) is 10.8 Å². The Labute approximate surface area is 616 Å². The molecule has 0 atom stereocenters. The summed E-state index contributed by atoms with van der Waals surface area (Å²) in [5.74, 6) is 1.21. The molecule has 0 spiro atoms. The number of benzene rings is 13. The quantitative estimate of drug-likeness (QED) is 0.0593. The van der Waals surface area contributed by atoms with Gasteiger partial charge in [0.1, 0.15) is 17.3 Å². The summed E-state index contributed by atoms with van der Waals surface area (Å²) >= 11 is 0. The maximum absolute atomic E-state index is 11.2. The van der Waals surface area contributed by atoms with Crippen LogP contribution >= 0.6 is 0 Å². The van der Waals surface area contributed by atoms with E-state index in [1.54, 1.807) is 41.1 Å². The third-order valence-electron chi connectivity index (χ3n) is 18.6. The Morgan fingerprint density at radius 1 is 0.404 bits per heavy atom. The average Bonchev–Trinajstić information content (AvgIpc) is 0.777. The van der Waals surface area contributed by atoms with Gasteiger partial charge in [0.2, 0.25) is 0 Å². The van der Waals surface area contributed by atoms with Crippen LogP contribution in [0.5, 0.6) is 11.5 Å². The molecule has 13 aromatic carbocycles. The molecule has 4 aromatic heterocycles. The van der Waals surface area contributed by atoms with Gasteiger partial charge < -0.3 is 9.30 Å². The van der Waals surface area contributed by atoms with Gasteiger partial charge in [-0.05, 0) is 160 Å². The maximum atomic E-state index is 11.2. The third kappa shape index (κ3) is 9.73. The molecule has 7 heteroatoms. The van der Waals surface area contributed by atoms with Crippen molar-refractivity contribution in [3.05, 3.63) is 338 Å². The second-order valence-corrected chi connectivity index (χ2v) is 30.0. The van der Waals surface area contributed by atoms with Gasteiger partial charge in [-0.3, -0.25) is 13.7 Å². The zero-order valence-electron chi connectivity index (χ0n) is 81.2. The molecule has 0 bridgehead atoms. The van der Waals surface area contributed by atoms with Crippen LogP contribution in [0.1, 0.15) is 89.7 Å². The predicted molar refractivity (Wildman–Crippen MR) is 413 cm³/mol. The van der Waals surface area contributed by atoms with Crippen molar-refractivity contribution in [1.29, 1.82) is 0 Å². The summed E-state index contributed by atoms with van der Waals surface area (Å²) in [7, 11) is -6.53. The van der Waals surface area contributed by atoms with Gasteiger partial charge in [0.05, 0.1) is 87.2 Å². The lowest BCUT2D eigenvalue weighted by Gasteiger charge is -2.34. The number of hydrogen-bond acceptors (Lipinski definition) is 2. The van der Waals surface area contributed by atoms with Gasteiger partial charge in [0, 0.05) is 33.8 Å². The summed E-state index contributed by atoms with van der Waals surface area (Å²) in [6, 6.07) is 17.4. The van der Waals surface area contributed by atoms with E-state index in [9.17, 15) is 32.9 Å². The number of rotatable bonds is 10. The number of imidazole rings is 1. The lowest BCUT2D eigenvalue weighted by atomic mass is 9.83. The van der Waals surface area contributed by atoms with E-state index >= 15 is 0 Å². The van der Waals surface area contributed by atoms with Crippen molar-refractivity contribution in [1.82, 2.24) is 18.7 Å². The minimum Gasteiger partial charge on any atom is -0.458 e. The Kier molecular flexibility index (Phi) is 8.79. The van der Waals surface area contributed by atoms with Crippen LogP contribution in [0.4, 0.5) is 0 Å². The second kappa shape index (κ2) is 23.2. The van der Waals surface area contributed by atoms with Crippen LogP contribution < -0.4 is 30.1 Å². The highest BCUT2D eigenvalue weighted by atomic mass is 28.3. The van der Waals surface area contributed by atoms with Crippen LogP contribution in [0.2, 0.25) is 0 Å². The first kappa shape index (κ1) is 37.6. The average molecular weight is 1320 g/mol. The standard InChI is InChI=1S/C92H71N5OSi/c1-91(2,3)63-50-51-93-88(57-63)97-84-47-25-22-44-78(84)79-49-48-67(59-85(79)97)98-66-30-27-29-65(58-66)94-60-95-89-80(53-62(54-86(89)94)61-28-26-37-71(52-61)99(68-31-10-7-11-32-68,69-33-12-8-13-34-69)70-35-14-9-15-36-70)74-40-18-16-38-72(74)73-39-17-19-41-75(73)81-55-64(92(4,5)6)56-87(90(81)95)96-82-45-23-20-42-76(82)77-43-21-24-46-83(77)96/h7-59H,1-6H3/i7D,8D,9D,10D,11D,12D,13D,14D,15D,16D,17D,18D,19D,26D,28D,31D,32D,33D,34D,35D,36D,37D,38D,39D,40D,41D,52D. The number of pyridine rings is 1. The van der Waals surface area contributed by atoms with Gasteiger partial charge in [-0.2, -0.15) is 0 Å². The highest BCUT2D eigenvalue weighted by Crippen LogP contribution is 2.48. The number of nitrogens with zero attached hydrogens (tertiary/aromatic N) is 5. The lowest BCUT2D eigenvalue weighted by molar-refractivity contribution is -0.571. The van der Waals surface area contributed by atoms with Crippen molar-refractivity contribution in [2.75, 3.05) is 0 Å². The largest absolute Gasteiger partial charge is 0.458 e. The normalized spacial score (nSPS) is 16.2. The van der Waals surface area contributed by atoms with Gasteiger partial charge in [-0.25, -0.2) is 4.98 Å². The van der Waals surface area contributed by atoms with Crippen molar-refractivity contribution < 1.29 is 46.3 Å². The zero-order chi connectivity index (χ0) is 90.2. The second-order valence-electron chi connectivity index (χ2n) is 26.5. The lowest BCUT2D eigenvalue weighted by Crippen LogP contribution is -2.74. The van der Waals surface area contributed by atoms with Crippen molar-refractivity contribution in [2.45, 2.75) is 52.4 Å². The molecule has 0 radical (unpaired) electrons. The number of aromatic nitrogens is 5. The van der Waals surface area contributed by atoms with E-state index in [0.29, 0.717) is 33.9 Å². The molecule has 1 aliphatic heterocycles. The van der Waals surface area contributed by atoms with E-state index in [4.69, 9.17) is 13.8 Å². The summed E-state index contributed by atoms with van der Waals surface area (Å²) in [5.41, 5.74) is 1.09. The van der Waals surface area contributed by atoms with E-state index in [0.717, 1.165) is 38.1 Å². The molecule has 6 nitrogen and oxygen atoms in total. The Balaban J connectivity index is 1.05. The van der Waals surface area contributed by atoms with E-state index in [2.05, 4.69) is 31.7 Å². The first-order valence-electron chi connectivity index (χ1n) is 45.6. The fourth-order valence-electron chi connectivity index (χ4n) is 14.0. The fraction of sp³-hybridized carbons (Fsp3) is 0.0870. The van der Waals surface area contributed by atoms with E-state index in [1.165, 1.54) is 16.7 Å². The third-order valence-corrected chi connectivity index (χ3v) is 22.6. The van der Waals surface area contributed by atoms with Crippen molar-refractivity contribution in [2.24, 2.45) is 0 Å². The molecule has 0 N–H and O–H groups in total. The molecule has 18 rings (SSSR count). The number of hydrogen-bond donors (Lipinski definition) is 0. The molecule has 474 valence electrons. The van der Waals surface area contributed by atoms with Crippen LogP contribution in [0.25, 0.3) is 122 Å². The Morgan fingerprint density at radius 3 is 1.53 bits per heavy atom. The van der Waals surface area contributed by atoms with Crippen molar-refractivity contribution in [3.8, 4) is 78.9 Å². The number of para-hydroxylation sites is 3. The van der Waals surface area contributed by atoms with E-state index in [1.807, 2.05) is 135 Å². The first-order chi connectivity index (χ1) is 59.6.